The average molecular weight is 470 g/mol. The second-order valence-corrected chi connectivity index (χ2v) is 9.53. The molecular formula is C28H27N3O2S. The highest BCUT2D eigenvalue weighted by Gasteiger charge is 2.18. The largest absolute Gasteiger partial charge is 0.345 e. The molecule has 172 valence electrons. The van der Waals surface area contributed by atoms with Crippen LogP contribution >= 0.6 is 11.3 Å². The van der Waals surface area contributed by atoms with E-state index < -0.39 is 0 Å². The highest BCUT2D eigenvalue weighted by molar-refractivity contribution is 7.12. The lowest BCUT2D eigenvalue weighted by molar-refractivity contribution is -0.115. The summed E-state index contributed by atoms with van der Waals surface area (Å²) < 4.78 is 0. The van der Waals surface area contributed by atoms with Gasteiger partial charge in [0.15, 0.2) is 0 Å². The fraction of sp³-hybridized carbons (Fsp3) is 0.179. The maximum atomic E-state index is 13.0. The average Bonchev–Trinajstić information content (AvgIpc) is 3.20. The number of aromatic nitrogens is 1. The number of nitrogens with one attached hydrogen (secondary N) is 2. The number of anilines is 1. The zero-order valence-corrected chi connectivity index (χ0v) is 20.3. The summed E-state index contributed by atoms with van der Waals surface area (Å²) in [5.41, 5.74) is 4.93. The molecule has 0 aliphatic rings. The van der Waals surface area contributed by atoms with E-state index in [1.165, 1.54) is 16.9 Å². The molecule has 0 radical (unpaired) electrons. The van der Waals surface area contributed by atoms with Crippen LogP contribution in [0.1, 0.15) is 44.3 Å². The molecule has 1 atom stereocenters. The van der Waals surface area contributed by atoms with Gasteiger partial charge in [0, 0.05) is 10.4 Å². The van der Waals surface area contributed by atoms with Gasteiger partial charge in [0.1, 0.15) is 0 Å². The summed E-state index contributed by atoms with van der Waals surface area (Å²) in [7, 11) is 0. The van der Waals surface area contributed by atoms with Gasteiger partial charge in [-0.1, -0.05) is 72.3 Å². The van der Waals surface area contributed by atoms with Crippen molar-refractivity contribution in [3.05, 3.63) is 105 Å². The van der Waals surface area contributed by atoms with Crippen molar-refractivity contribution in [2.24, 2.45) is 0 Å². The SMILES string of the molecule is Cc1ccc(-c2nc(C)sc2CC(=O)Nc2ccccc2C(=O)NC(C)c2ccccc2)cc1. The summed E-state index contributed by atoms with van der Waals surface area (Å²) in [5, 5.41) is 6.86. The summed E-state index contributed by atoms with van der Waals surface area (Å²) in [6.45, 7) is 5.92. The van der Waals surface area contributed by atoms with Crippen LogP contribution in [0.2, 0.25) is 0 Å². The zero-order valence-electron chi connectivity index (χ0n) is 19.5. The number of nitrogens with zero attached hydrogens (tertiary/aromatic N) is 1. The molecule has 34 heavy (non-hydrogen) atoms. The maximum Gasteiger partial charge on any atom is 0.253 e. The van der Waals surface area contributed by atoms with Crippen LogP contribution in [-0.4, -0.2) is 16.8 Å². The van der Waals surface area contributed by atoms with E-state index in [4.69, 9.17) is 0 Å². The molecule has 0 saturated heterocycles. The van der Waals surface area contributed by atoms with Gasteiger partial charge in [0.05, 0.1) is 34.4 Å². The van der Waals surface area contributed by atoms with Crippen molar-refractivity contribution in [2.45, 2.75) is 33.2 Å². The summed E-state index contributed by atoms with van der Waals surface area (Å²) >= 11 is 1.52. The van der Waals surface area contributed by atoms with Gasteiger partial charge >= 0.3 is 0 Å². The summed E-state index contributed by atoms with van der Waals surface area (Å²) in [4.78, 5) is 31.5. The molecule has 6 heteroatoms. The van der Waals surface area contributed by atoms with Gasteiger partial charge in [-0.25, -0.2) is 4.98 Å². The minimum Gasteiger partial charge on any atom is -0.345 e. The third-order valence-electron chi connectivity index (χ3n) is 5.54. The van der Waals surface area contributed by atoms with E-state index >= 15 is 0 Å². The number of carbonyl (C=O) groups is 2. The Bertz CT molecular complexity index is 1300. The lowest BCUT2D eigenvalue weighted by atomic mass is 10.1. The van der Waals surface area contributed by atoms with Gasteiger partial charge in [0.2, 0.25) is 5.91 Å². The molecule has 0 spiro atoms. The lowest BCUT2D eigenvalue weighted by Gasteiger charge is -2.16. The number of amides is 2. The van der Waals surface area contributed by atoms with Crippen LogP contribution in [-0.2, 0) is 11.2 Å². The Hall–Kier alpha value is -3.77. The third-order valence-corrected chi connectivity index (χ3v) is 6.51. The standard InChI is InChI=1S/C28H27N3O2S/c1-18-13-15-22(16-14-18)27-25(34-20(3)30-27)17-26(32)31-24-12-8-7-11-23(24)28(33)29-19(2)21-9-5-4-6-10-21/h4-16,19H,17H2,1-3H3,(H,29,33)(H,31,32). The van der Waals surface area contributed by atoms with Crippen molar-refractivity contribution in [1.29, 1.82) is 0 Å². The molecule has 0 bridgehead atoms. The first-order valence-electron chi connectivity index (χ1n) is 11.2. The molecule has 1 aromatic heterocycles. The Morgan fingerprint density at radius 2 is 1.59 bits per heavy atom. The molecule has 1 unspecified atom stereocenters. The molecular weight excluding hydrogens is 442 g/mol. The van der Waals surface area contributed by atoms with E-state index in [1.807, 2.05) is 81.4 Å². The minimum absolute atomic E-state index is 0.158. The Morgan fingerprint density at radius 1 is 0.912 bits per heavy atom. The molecule has 3 aromatic carbocycles. The first-order chi connectivity index (χ1) is 16.4. The van der Waals surface area contributed by atoms with E-state index in [0.29, 0.717) is 11.3 Å². The highest BCUT2D eigenvalue weighted by atomic mass is 32.1. The number of para-hydroxylation sites is 1. The van der Waals surface area contributed by atoms with Crippen LogP contribution in [0.15, 0.2) is 78.9 Å². The Balaban J connectivity index is 1.49. The normalized spacial score (nSPS) is 11.6. The van der Waals surface area contributed by atoms with E-state index in [0.717, 1.165) is 26.7 Å². The molecule has 4 rings (SSSR count). The Kier molecular flexibility index (Phi) is 7.18. The molecule has 4 aromatic rings. The van der Waals surface area contributed by atoms with Crippen LogP contribution in [0, 0.1) is 13.8 Å². The van der Waals surface area contributed by atoms with Crippen molar-refractivity contribution in [3.63, 3.8) is 0 Å². The number of aryl methyl sites for hydroxylation is 2. The topological polar surface area (TPSA) is 71.1 Å². The number of carbonyl (C=O) groups excluding carboxylic acids is 2. The van der Waals surface area contributed by atoms with Crippen LogP contribution in [0.25, 0.3) is 11.3 Å². The summed E-state index contributed by atoms with van der Waals surface area (Å²) in [6, 6.07) is 24.8. The Morgan fingerprint density at radius 3 is 2.32 bits per heavy atom. The number of benzene rings is 3. The molecule has 0 saturated carbocycles. The van der Waals surface area contributed by atoms with Gasteiger partial charge in [-0.05, 0) is 38.5 Å². The van der Waals surface area contributed by atoms with Gasteiger partial charge < -0.3 is 10.6 Å². The highest BCUT2D eigenvalue weighted by Crippen LogP contribution is 2.29. The second-order valence-electron chi connectivity index (χ2n) is 8.25. The predicted molar refractivity (Wildman–Crippen MR) is 138 cm³/mol. The van der Waals surface area contributed by atoms with E-state index in [2.05, 4.69) is 15.6 Å². The first-order valence-corrected chi connectivity index (χ1v) is 12.0. The van der Waals surface area contributed by atoms with E-state index in [-0.39, 0.29) is 24.3 Å². The van der Waals surface area contributed by atoms with Crippen molar-refractivity contribution in [2.75, 3.05) is 5.32 Å². The number of hydrogen-bond donors (Lipinski definition) is 2. The minimum atomic E-state index is -0.235. The Labute approximate surface area is 203 Å². The third kappa shape index (κ3) is 5.58. The van der Waals surface area contributed by atoms with Crippen LogP contribution in [0.3, 0.4) is 0 Å². The zero-order chi connectivity index (χ0) is 24.1. The number of rotatable bonds is 7. The van der Waals surface area contributed by atoms with Gasteiger partial charge in [-0.2, -0.15) is 0 Å². The van der Waals surface area contributed by atoms with Crippen molar-refractivity contribution in [3.8, 4) is 11.3 Å². The fourth-order valence-electron chi connectivity index (χ4n) is 3.76. The van der Waals surface area contributed by atoms with E-state index in [1.54, 1.807) is 18.2 Å². The van der Waals surface area contributed by atoms with Gasteiger partial charge in [-0.3, -0.25) is 9.59 Å². The van der Waals surface area contributed by atoms with E-state index in [9.17, 15) is 9.59 Å². The predicted octanol–water partition coefficient (Wildman–Crippen LogP) is 6.10. The summed E-state index contributed by atoms with van der Waals surface area (Å²) in [5.74, 6) is -0.422. The van der Waals surface area contributed by atoms with Crippen molar-refractivity contribution >= 4 is 28.8 Å². The lowest BCUT2D eigenvalue weighted by Crippen LogP contribution is -2.28. The van der Waals surface area contributed by atoms with Gasteiger partial charge in [-0.15, -0.1) is 11.3 Å². The molecule has 2 N–H and O–H groups in total. The maximum absolute atomic E-state index is 13.0. The smallest absolute Gasteiger partial charge is 0.253 e. The quantitative estimate of drug-likeness (QED) is 0.344. The molecule has 0 aliphatic heterocycles. The van der Waals surface area contributed by atoms with Crippen LogP contribution < -0.4 is 10.6 Å². The van der Waals surface area contributed by atoms with Crippen LogP contribution in [0.4, 0.5) is 5.69 Å². The first kappa shape index (κ1) is 23.4. The summed E-state index contributed by atoms with van der Waals surface area (Å²) in [6.07, 6.45) is 0.186. The van der Waals surface area contributed by atoms with Crippen LogP contribution in [0.5, 0.6) is 0 Å². The molecule has 1 heterocycles. The van der Waals surface area contributed by atoms with Crippen molar-refractivity contribution in [1.82, 2.24) is 10.3 Å². The number of thiazole rings is 1. The molecule has 0 aliphatic carbocycles. The van der Waals surface area contributed by atoms with Crippen molar-refractivity contribution < 1.29 is 9.59 Å². The molecule has 5 nitrogen and oxygen atoms in total. The fourth-order valence-corrected chi connectivity index (χ4v) is 4.71. The number of hydrogen-bond acceptors (Lipinski definition) is 4. The second kappa shape index (κ2) is 10.4. The van der Waals surface area contributed by atoms with Gasteiger partial charge in [0.25, 0.3) is 5.91 Å². The molecule has 2 amide bonds. The molecule has 0 fully saturated rings. The monoisotopic (exact) mass is 469 g/mol.